The van der Waals surface area contributed by atoms with Crippen molar-refractivity contribution in [2.24, 2.45) is 0 Å². The lowest BCUT2D eigenvalue weighted by Gasteiger charge is -2.27. The Kier molecular flexibility index (Phi) is 4.43. The third kappa shape index (κ3) is 3.26. The molecule has 1 unspecified atom stereocenters. The Balaban J connectivity index is 2.06. The monoisotopic (exact) mass is 262 g/mol. The van der Waals surface area contributed by atoms with E-state index in [0.29, 0.717) is 12.5 Å². The number of carboxylic acids is 1. The topological polar surface area (TPSA) is 52.6 Å². The van der Waals surface area contributed by atoms with Crippen molar-refractivity contribution in [1.82, 2.24) is 5.32 Å². The van der Waals surface area contributed by atoms with E-state index in [4.69, 9.17) is 0 Å². The van der Waals surface area contributed by atoms with Crippen LogP contribution in [-0.2, 0) is 11.2 Å². The molecule has 0 amide bonds. The van der Waals surface area contributed by atoms with E-state index in [2.05, 4.69) is 25.2 Å². The van der Waals surface area contributed by atoms with Gasteiger partial charge in [0.15, 0.2) is 0 Å². The molecule has 2 N–H and O–H groups in total. The number of hydrogen-bond acceptors (Lipinski definition) is 3. The first-order valence-electron chi connectivity index (χ1n) is 6.90. The van der Waals surface area contributed by atoms with Crippen LogP contribution in [0, 0.1) is 0 Å². The summed E-state index contributed by atoms with van der Waals surface area (Å²) in [5, 5.41) is 12.7. The van der Waals surface area contributed by atoms with Gasteiger partial charge < -0.3 is 15.3 Å². The lowest BCUT2D eigenvalue weighted by atomic mass is 10.1. The molecule has 0 spiro atoms. The first-order chi connectivity index (χ1) is 9.09. The van der Waals surface area contributed by atoms with Crippen LogP contribution in [0.15, 0.2) is 24.3 Å². The summed E-state index contributed by atoms with van der Waals surface area (Å²) in [6.45, 7) is 5.67. The van der Waals surface area contributed by atoms with Gasteiger partial charge in [0.25, 0.3) is 0 Å². The van der Waals surface area contributed by atoms with E-state index in [0.717, 1.165) is 25.2 Å². The number of para-hydroxylation sites is 1. The molecule has 0 radical (unpaired) electrons. The first kappa shape index (κ1) is 13.9. The van der Waals surface area contributed by atoms with Gasteiger partial charge in [-0.05, 0) is 31.0 Å². The molecule has 0 saturated heterocycles. The number of anilines is 1. The van der Waals surface area contributed by atoms with E-state index in [-0.39, 0.29) is 0 Å². The fourth-order valence-electron chi connectivity index (χ4n) is 2.61. The fourth-order valence-corrected chi connectivity index (χ4v) is 2.61. The zero-order valence-corrected chi connectivity index (χ0v) is 11.6. The maximum Gasteiger partial charge on any atom is 0.326 e. The molecule has 4 heteroatoms. The molecule has 1 aromatic carbocycles. The van der Waals surface area contributed by atoms with Gasteiger partial charge in [-0.25, -0.2) is 4.79 Å². The van der Waals surface area contributed by atoms with E-state index < -0.39 is 12.0 Å². The predicted octanol–water partition coefficient (Wildman–Crippen LogP) is 1.89. The summed E-state index contributed by atoms with van der Waals surface area (Å²) in [6.07, 6.45) is 1.57. The summed E-state index contributed by atoms with van der Waals surface area (Å²) in [5.41, 5.74) is 2.34. The molecule has 1 aliphatic rings. The summed E-state index contributed by atoms with van der Waals surface area (Å²) >= 11 is 0. The van der Waals surface area contributed by atoms with Crippen molar-refractivity contribution in [2.75, 3.05) is 18.0 Å². The second-order valence-corrected chi connectivity index (χ2v) is 5.32. The molecule has 0 saturated carbocycles. The van der Waals surface area contributed by atoms with Crippen LogP contribution in [0.3, 0.4) is 0 Å². The van der Waals surface area contributed by atoms with Gasteiger partial charge in [0.2, 0.25) is 0 Å². The molecule has 0 aliphatic carbocycles. The van der Waals surface area contributed by atoms with Crippen LogP contribution in [0.25, 0.3) is 0 Å². The summed E-state index contributed by atoms with van der Waals surface area (Å²) < 4.78 is 0. The number of aliphatic carboxylic acids is 1. The Labute approximate surface area is 114 Å². The Morgan fingerprint density at radius 3 is 2.84 bits per heavy atom. The van der Waals surface area contributed by atoms with Crippen LogP contribution in [0.2, 0.25) is 0 Å². The van der Waals surface area contributed by atoms with Crippen LogP contribution < -0.4 is 10.2 Å². The van der Waals surface area contributed by atoms with Crippen molar-refractivity contribution >= 4 is 11.7 Å². The van der Waals surface area contributed by atoms with Gasteiger partial charge in [-0.3, -0.25) is 0 Å². The largest absolute Gasteiger partial charge is 0.480 e. The second kappa shape index (κ2) is 6.06. The van der Waals surface area contributed by atoms with Gasteiger partial charge in [-0.2, -0.15) is 0 Å². The minimum atomic E-state index is -0.734. The zero-order chi connectivity index (χ0) is 13.8. The molecule has 1 aromatic rings. The summed E-state index contributed by atoms with van der Waals surface area (Å²) in [5.74, 6) is -0.734. The number of rotatable bonds is 6. The number of fused-ring (bicyclic) bond motifs is 1. The first-order valence-corrected chi connectivity index (χ1v) is 6.90. The summed E-state index contributed by atoms with van der Waals surface area (Å²) in [6, 6.07) is 8.05. The van der Waals surface area contributed by atoms with Crippen molar-refractivity contribution in [1.29, 1.82) is 0 Å². The summed E-state index contributed by atoms with van der Waals surface area (Å²) in [7, 11) is 0. The van der Waals surface area contributed by atoms with Crippen LogP contribution in [0.4, 0.5) is 5.69 Å². The molecule has 0 fully saturated rings. The lowest BCUT2D eigenvalue weighted by molar-refractivity contribution is -0.138. The lowest BCUT2D eigenvalue weighted by Crippen LogP contribution is -2.42. The van der Waals surface area contributed by atoms with Crippen molar-refractivity contribution in [3.63, 3.8) is 0 Å². The molecule has 19 heavy (non-hydrogen) atoms. The third-order valence-corrected chi connectivity index (χ3v) is 3.55. The summed E-state index contributed by atoms with van der Waals surface area (Å²) in [4.78, 5) is 13.5. The Morgan fingerprint density at radius 2 is 2.16 bits per heavy atom. The standard InChI is InChI=1S/C15H22N2O2/c1-11(2)16-9-7-14(15(18)19)17-10-8-12-5-3-4-6-13(12)17/h3-6,11,14,16H,7-10H2,1-2H3,(H,18,19). The molecule has 1 aliphatic heterocycles. The molecule has 4 nitrogen and oxygen atoms in total. The molecule has 2 rings (SSSR count). The van der Waals surface area contributed by atoms with Gasteiger partial charge in [-0.15, -0.1) is 0 Å². The maximum absolute atomic E-state index is 11.5. The predicted molar refractivity (Wildman–Crippen MR) is 76.7 cm³/mol. The highest BCUT2D eigenvalue weighted by molar-refractivity contribution is 5.79. The number of benzene rings is 1. The van der Waals surface area contributed by atoms with E-state index in [1.165, 1.54) is 5.56 Å². The molecular formula is C15H22N2O2. The number of nitrogens with one attached hydrogen (secondary N) is 1. The number of hydrogen-bond donors (Lipinski definition) is 2. The second-order valence-electron chi connectivity index (χ2n) is 5.32. The van der Waals surface area contributed by atoms with E-state index in [9.17, 15) is 9.90 Å². The van der Waals surface area contributed by atoms with E-state index in [1.54, 1.807) is 0 Å². The van der Waals surface area contributed by atoms with Gasteiger partial charge in [0, 0.05) is 18.3 Å². The molecule has 0 aromatic heterocycles. The Hall–Kier alpha value is -1.55. The highest BCUT2D eigenvalue weighted by Gasteiger charge is 2.30. The molecule has 1 heterocycles. The van der Waals surface area contributed by atoms with Gasteiger partial charge >= 0.3 is 5.97 Å². The number of carbonyl (C=O) groups is 1. The van der Waals surface area contributed by atoms with E-state index >= 15 is 0 Å². The molecular weight excluding hydrogens is 240 g/mol. The van der Waals surface area contributed by atoms with Crippen LogP contribution in [-0.4, -0.2) is 36.2 Å². The minimum absolute atomic E-state index is 0.389. The SMILES string of the molecule is CC(C)NCCC(C(=O)O)N1CCc2ccccc21. The highest BCUT2D eigenvalue weighted by atomic mass is 16.4. The van der Waals surface area contributed by atoms with Crippen molar-refractivity contribution in [2.45, 2.75) is 38.8 Å². The van der Waals surface area contributed by atoms with E-state index in [1.807, 2.05) is 23.1 Å². The average Bonchev–Trinajstić information content (AvgIpc) is 2.77. The van der Waals surface area contributed by atoms with Gasteiger partial charge in [-0.1, -0.05) is 32.0 Å². The van der Waals surface area contributed by atoms with Crippen LogP contribution in [0.1, 0.15) is 25.8 Å². The minimum Gasteiger partial charge on any atom is -0.480 e. The molecule has 104 valence electrons. The average molecular weight is 262 g/mol. The van der Waals surface area contributed by atoms with Crippen LogP contribution in [0.5, 0.6) is 0 Å². The van der Waals surface area contributed by atoms with Gasteiger partial charge in [0.05, 0.1) is 0 Å². The van der Waals surface area contributed by atoms with Crippen molar-refractivity contribution in [3.05, 3.63) is 29.8 Å². The Morgan fingerprint density at radius 1 is 1.42 bits per heavy atom. The quantitative estimate of drug-likeness (QED) is 0.822. The van der Waals surface area contributed by atoms with Crippen molar-refractivity contribution < 1.29 is 9.90 Å². The van der Waals surface area contributed by atoms with Gasteiger partial charge in [0.1, 0.15) is 6.04 Å². The number of carboxylic acid groups (broad SMARTS) is 1. The fraction of sp³-hybridized carbons (Fsp3) is 0.533. The van der Waals surface area contributed by atoms with Crippen molar-refractivity contribution in [3.8, 4) is 0 Å². The molecule has 0 bridgehead atoms. The smallest absolute Gasteiger partial charge is 0.326 e. The highest BCUT2D eigenvalue weighted by Crippen LogP contribution is 2.30. The zero-order valence-electron chi connectivity index (χ0n) is 11.6. The Bertz CT molecular complexity index is 446. The molecule has 1 atom stereocenters. The maximum atomic E-state index is 11.5. The normalized spacial score (nSPS) is 15.6. The third-order valence-electron chi connectivity index (χ3n) is 3.55. The number of nitrogens with zero attached hydrogens (tertiary/aromatic N) is 1. The van der Waals surface area contributed by atoms with Crippen LogP contribution >= 0.6 is 0 Å².